The average molecular weight is 286 g/mol. The minimum atomic E-state index is 0.984. The molecule has 0 bridgehead atoms. The molecule has 0 atom stereocenters. The van der Waals surface area contributed by atoms with Crippen LogP contribution in [0.5, 0.6) is 0 Å². The number of allylic oxidation sites excluding steroid dienone is 2. The topological polar surface area (TPSA) is 53.4 Å². The Morgan fingerprint density at radius 1 is 0.810 bits per heavy atom. The lowest BCUT2D eigenvalue weighted by atomic mass is 10.2. The van der Waals surface area contributed by atoms with Crippen LogP contribution in [0.4, 0.5) is 0 Å². The van der Waals surface area contributed by atoms with Gasteiger partial charge in [0.2, 0.25) is 0 Å². The van der Waals surface area contributed by atoms with E-state index in [2.05, 4.69) is 33.8 Å². The van der Waals surface area contributed by atoms with Crippen LogP contribution in [0.15, 0.2) is 39.7 Å². The molecule has 114 valence electrons. The van der Waals surface area contributed by atoms with Gasteiger partial charge in [0, 0.05) is 48.6 Å². The minimum absolute atomic E-state index is 0.984. The van der Waals surface area contributed by atoms with Crippen molar-refractivity contribution in [1.29, 1.82) is 0 Å². The molecule has 3 heterocycles. The first-order valence-corrected chi connectivity index (χ1v) is 7.23. The summed E-state index contributed by atoms with van der Waals surface area (Å²) in [4.78, 5) is 15.1. The van der Waals surface area contributed by atoms with Crippen molar-refractivity contribution in [2.75, 3.05) is 0 Å². The summed E-state index contributed by atoms with van der Waals surface area (Å²) in [6.45, 7) is 12.2. The van der Waals surface area contributed by atoms with Crippen LogP contribution in [0.3, 0.4) is 0 Å². The lowest BCUT2D eigenvalue weighted by molar-refractivity contribution is 1.13. The van der Waals surface area contributed by atoms with Crippen LogP contribution in [0.2, 0.25) is 0 Å². The normalized spacial score (nSPS) is 15.9. The third-order valence-corrected chi connectivity index (χ3v) is 2.91. The van der Waals surface area contributed by atoms with Crippen molar-refractivity contribution in [2.24, 2.45) is 9.98 Å². The van der Waals surface area contributed by atoms with E-state index in [1.54, 1.807) is 0 Å². The van der Waals surface area contributed by atoms with Gasteiger partial charge in [0.1, 0.15) is 5.82 Å². The zero-order valence-corrected chi connectivity index (χ0v) is 14.0. The van der Waals surface area contributed by atoms with Crippen molar-refractivity contribution >= 4 is 11.4 Å². The molecule has 1 N–H and O–H groups in total. The number of aryl methyl sites for hydroxylation is 2. The molecule has 0 unspecified atom stereocenters. The summed E-state index contributed by atoms with van der Waals surface area (Å²) in [7, 11) is 0. The molecule has 0 fully saturated rings. The SMILES string of the molecule is CC1=CN=C(C)C1.CC1=CN=C(C)C1.Cc1cnc(C)[nH]1. The van der Waals surface area contributed by atoms with Crippen molar-refractivity contribution < 1.29 is 0 Å². The lowest BCUT2D eigenvalue weighted by Crippen LogP contribution is -1.82. The van der Waals surface area contributed by atoms with E-state index in [0.717, 1.165) is 24.4 Å². The van der Waals surface area contributed by atoms with Gasteiger partial charge in [-0.2, -0.15) is 0 Å². The van der Waals surface area contributed by atoms with Crippen molar-refractivity contribution in [3.05, 3.63) is 41.3 Å². The first-order chi connectivity index (χ1) is 9.86. The highest BCUT2D eigenvalue weighted by Gasteiger charge is 1.98. The molecule has 2 aliphatic heterocycles. The molecule has 0 saturated carbocycles. The van der Waals surface area contributed by atoms with Crippen molar-refractivity contribution in [3.63, 3.8) is 0 Å². The van der Waals surface area contributed by atoms with Gasteiger partial charge in [0.15, 0.2) is 0 Å². The highest BCUT2D eigenvalue weighted by Crippen LogP contribution is 2.09. The molecular formula is C17H26N4. The number of rotatable bonds is 0. The summed E-state index contributed by atoms with van der Waals surface area (Å²) in [5.41, 5.74) is 6.34. The monoisotopic (exact) mass is 286 g/mol. The summed E-state index contributed by atoms with van der Waals surface area (Å²) in [5.74, 6) is 0.984. The second kappa shape index (κ2) is 8.35. The number of aliphatic imine (C=N–C) groups is 2. The quantitative estimate of drug-likeness (QED) is 0.748. The molecule has 0 radical (unpaired) electrons. The maximum atomic E-state index is 4.07. The number of nitrogens with one attached hydrogen (secondary N) is 1. The Bertz CT molecular complexity index is 503. The van der Waals surface area contributed by atoms with E-state index >= 15 is 0 Å². The maximum Gasteiger partial charge on any atom is 0.103 e. The molecule has 0 spiro atoms. The standard InChI is InChI=1S/2C6H9N.C5H8N2/c2*1-5-3-6(2)7-4-5;1-4-3-6-5(2)7-4/h2*4H,3H2,1-2H3;3H,1-2H3,(H,6,7). The molecule has 2 aliphatic rings. The number of H-pyrrole nitrogens is 1. The molecule has 4 heteroatoms. The van der Waals surface area contributed by atoms with E-state index in [-0.39, 0.29) is 0 Å². The van der Waals surface area contributed by atoms with Crippen LogP contribution >= 0.6 is 0 Å². The predicted octanol–water partition coefficient (Wildman–Crippen LogP) is 4.54. The summed E-state index contributed by atoms with van der Waals surface area (Å²) < 4.78 is 0. The Labute approximate surface area is 127 Å². The van der Waals surface area contributed by atoms with Gasteiger partial charge >= 0.3 is 0 Å². The predicted molar refractivity (Wildman–Crippen MR) is 91.0 cm³/mol. The number of hydrogen-bond donors (Lipinski definition) is 1. The molecule has 1 aromatic rings. The van der Waals surface area contributed by atoms with Gasteiger partial charge in [0.05, 0.1) is 0 Å². The highest BCUT2D eigenvalue weighted by molar-refractivity contribution is 5.87. The molecule has 1 aromatic heterocycles. The lowest BCUT2D eigenvalue weighted by Gasteiger charge is -1.84. The number of aromatic amines is 1. The van der Waals surface area contributed by atoms with Gasteiger partial charge in [-0.25, -0.2) is 4.98 Å². The maximum absolute atomic E-state index is 4.07. The van der Waals surface area contributed by atoms with Gasteiger partial charge in [-0.1, -0.05) is 0 Å². The molecule has 0 aromatic carbocycles. The fourth-order valence-electron chi connectivity index (χ4n) is 1.97. The number of imidazole rings is 1. The van der Waals surface area contributed by atoms with Crippen molar-refractivity contribution in [1.82, 2.24) is 9.97 Å². The minimum Gasteiger partial charge on any atom is -0.346 e. The van der Waals surface area contributed by atoms with Gasteiger partial charge < -0.3 is 4.98 Å². The molecule has 0 aliphatic carbocycles. The average Bonchev–Trinajstić information content (AvgIpc) is 3.06. The van der Waals surface area contributed by atoms with Gasteiger partial charge in [-0.05, 0) is 52.7 Å². The van der Waals surface area contributed by atoms with Crippen molar-refractivity contribution in [2.45, 2.75) is 54.4 Å². The third kappa shape index (κ3) is 7.40. The van der Waals surface area contributed by atoms with Crippen molar-refractivity contribution in [3.8, 4) is 0 Å². The summed E-state index contributed by atoms with van der Waals surface area (Å²) >= 11 is 0. The van der Waals surface area contributed by atoms with E-state index in [0.29, 0.717) is 0 Å². The van der Waals surface area contributed by atoms with E-state index in [4.69, 9.17) is 0 Å². The molecule has 0 saturated heterocycles. The Kier molecular flexibility index (Phi) is 6.79. The number of aromatic nitrogens is 2. The van der Waals surface area contributed by atoms with Crippen LogP contribution in [0.1, 0.15) is 52.1 Å². The Balaban J connectivity index is 0.000000157. The van der Waals surface area contributed by atoms with E-state index in [9.17, 15) is 0 Å². The smallest absolute Gasteiger partial charge is 0.103 e. The molecular weight excluding hydrogens is 260 g/mol. The van der Waals surface area contributed by atoms with Crippen LogP contribution in [-0.2, 0) is 0 Å². The molecule has 21 heavy (non-hydrogen) atoms. The van der Waals surface area contributed by atoms with Crippen LogP contribution in [0.25, 0.3) is 0 Å². The highest BCUT2D eigenvalue weighted by atomic mass is 14.9. The van der Waals surface area contributed by atoms with Gasteiger partial charge in [-0.3, -0.25) is 9.98 Å². The Hall–Kier alpha value is -1.97. The number of hydrogen-bond acceptors (Lipinski definition) is 3. The van der Waals surface area contributed by atoms with E-state index < -0.39 is 0 Å². The summed E-state index contributed by atoms with van der Waals surface area (Å²) in [6.07, 6.45) is 7.83. The van der Waals surface area contributed by atoms with Crippen LogP contribution < -0.4 is 0 Å². The number of nitrogens with zero attached hydrogens (tertiary/aromatic N) is 3. The second-order valence-corrected chi connectivity index (χ2v) is 5.68. The van der Waals surface area contributed by atoms with Crippen LogP contribution in [0, 0.1) is 13.8 Å². The first kappa shape index (κ1) is 17.1. The summed E-state index contributed by atoms with van der Waals surface area (Å²) in [6, 6.07) is 0. The molecule has 0 amide bonds. The Morgan fingerprint density at radius 2 is 1.29 bits per heavy atom. The Morgan fingerprint density at radius 3 is 1.38 bits per heavy atom. The zero-order valence-electron chi connectivity index (χ0n) is 14.0. The van der Waals surface area contributed by atoms with E-state index in [1.807, 2.05) is 46.3 Å². The largest absolute Gasteiger partial charge is 0.346 e. The fourth-order valence-corrected chi connectivity index (χ4v) is 1.97. The second-order valence-electron chi connectivity index (χ2n) is 5.68. The van der Waals surface area contributed by atoms with E-state index in [1.165, 1.54) is 22.6 Å². The first-order valence-electron chi connectivity index (χ1n) is 7.23. The molecule has 3 rings (SSSR count). The molecule has 4 nitrogen and oxygen atoms in total. The van der Waals surface area contributed by atoms with Gasteiger partial charge in [-0.15, -0.1) is 0 Å². The fraction of sp³-hybridized carbons (Fsp3) is 0.471. The van der Waals surface area contributed by atoms with Gasteiger partial charge in [0.25, 0.3) is 0 Å². The zero-order chi connectivity index (χ0) is 15.8. The van der Waals surface area contributed by atoms with Crippen LogP contribution in [-0.4, -0.2) is 21.4 Å². The third-order valence-electron chi connectivity index (χ3n) is 2.91. The summed E-state index contributed by atoms with van der Waals surface area (Å²) in [5, 5.41) is 0.